The molecule has 0 bridgehead atoms. The van der Waals surface area contributed by atoms with Gasteiger partial charge in [-0.15, -0.1) is 22.9 Å². The second kappa shape index (κ2) is 2.32. The highest BCUT2D eigenvalue weighted by Gasteiger charge is 2.77. The fourth-order valence-electron chi connectivity index (χ4n) is 2.33. The van der Waals surface area contributed by atoms with Crippen LogP contribution in [-0.4, -0.2) is 0 Å². The van der Waals surface area contributed by atoms with Gasteiger partial charge >= 0.3 is 0 Å². The highest BCUT2D eigenvalue weighted by atomic mass is 35.5. The molecule has 0 amide bonds. The van der Waals surface area contributed by atoms with Crippen LogP contribution in [0.2, 0.25) is 0 Å². The predicted molar refractivity (Wildman–Crippen MR) is 59.4 cm³/mol. The van der Waals surface area contributed by atoms with Crippen molar-refractivity contribution in [1.29, 1.82) is 0 Å². The molecule has 0 atom stereocenters. The van der Waals surface area contributed by atoms with E-state index in [1.54, 1.807) is 11.3 Å². The molecule has 1 aromatic heterocycles. The summed E-state index contributed by atoms with van der Waals surface area (Å²) in [7, 11) is 0. The summed E-state index contributed by atoms with van der Waals surface area (Å²) in [5.41, 5.74) is 0.402. The molecule has 0 nitrogen and oxygen atoms in total. The van der Waals surface area contributed by atoms with Crippen LogP contribution in [0.1, 0.15) is 32.6 Å². The van der Waals surface area contributed by atoms with Gasteiger partial charge in [0.25, 0.3) is 0 Å². The Kier molecular flexibility index (Phi) is 1.70. The molecule has 13 heavy (non-hydrogen) atoms. The van der Waals surface area contributed by atoms with Crippen LogP contribution >= 0.6 is 22.9 Å². The Bertz CT molecular complexity index is 308. The Morgan fingerprint density at radius 2 is 1.69 bits per heavy atom. The first-order chi connectivity index (χ1) is 5.86. The van der Waals surface area contributed by atoms with Gasteiger partial charge < -0.3 is 0 Å². The number of hydrogen-bond donors (Lipinski definition) is 0. The van der Waals surface area contributed by atoms with Crippen molar-refractivity contribution in [2.75, 3.05) is 0 Å². The van der Waals surface area contributed by atoms with E-state index in [1.807, 2.05) is 0 Å². The van der Waals surface area contributed by atoms with Gasteiger partial charge in [-0.25, -0.2) is 0 Å². The van der Waals surface area contributed by atoms with Crippen molar-refractivity contribution in [2.24, 2.45) is 10.8 Å². The van der Waals surface area contributed by atoms with Gasteiger partial charge in [0.2, 0.25) is 0 Å². The van der Waals surface area contributed by atoms with E-state index in [2.05, 4.69) is 45.2 Å². The molecule has 0 unspecified atom stereocenters. The number of hydrogen-bond acceptors (Lipinski definition) is 1. The quantitative estimate of drug-likeness (QED) is 0.614. The smallest absolute Gasteiger partial charge is 0.0899 e. The van der Waals surface area contributed by atoms with Crippen LogP contribution in [0.5, 0.6) is 0 Å². The fraction of sp³-hybridized carbons (Fsp3) is 0.636. The van der Waals surface area contributed by atoms with Crippen LogP contribution in [-0.2, 0) is 4.87 Å². The average molecular weight is 215 g/mol. The largest absolute Gasteiger partial charge is 0.147 e. The van der Waals surface area contributed by atoms with Crippen LogP contribution < -0.4 is 0 Å². The van der Waals surface area contributed by atoms with Crippen molar-refractivity contribution in [1.82, 2.24) is 0 Å². The molecular formula is C11H15ClS. The lowest BCUT2D eigenvalue weighted by Crippen LogP contribution is -2.04. The minimum absolute atomic E-state index is 0.145. The first-order valence-electron chi connectivity index (χ1n) is 4.58. The summed E-state index contributed by atoms with van der Waals surface area (Å²) in [5, 5.41) is 2.10. The molecule has 1 heterocycles. The molecule has 72 valence electrons. The van der Waals surface area contributed by atoms with E-state index in [4.69, 9.17) is 11.6 Å². The van der Waals surface area contributed by atoms with Gasteiger partial charge in [-0.3, -0.25) is 0 Å². The van der Waals surface area contributed by atoms with Gasteiger partial charge in [-0.05, 0) is 22.3 Å². The molecule has 1 aromatic rings. The molecule has 1 fully saturated rings. The molecule has 0 radical (unpaired) electrons. The third kappa shape index (κ3) is 0.829. The van der Waals surface area contributed by atoms with Gasteiger partial charge in [0.05, 0.1) is 4.87 Å². The standard InChI is InChI=1S/C11H15ClS/c1-9(2)10(3,4)11(9,12)8-6-5-7-13-8/h5-7H,1-4H3. The zero-order valence-electron chi connectivity index (χ0n) is 8.52. The van der Waals surface area contributed by atoms with Crippen molar-refractivity contribution < 1.29 is 0 Å². The van der Waals surface area contributed by atoms with Gasteiger partial charge in [-0.2, -0.15) is 0 Å². The minimum Gasteiger partial charge on any atom is -0.147 e. The van der Waals surface area contributed by atoms with Gasteiger partial charge in [-0.1, -0.05) is 33.8 Å². The molecule has 0 aromatic carbocycles. The van der Waals surface area contributed by atoms with Crippen molar-refractivity contribution >= 4 is 22.9 Å². The number of thiophene rings is 1. The zero-order valence-corrected chi connectivity index (χ0v) is 10.1. The first-order valence-corrected chi connectivity index (χ1v) is 5.84. The molecule has 1 aliphatic carbocycles. The lowest BCUT2D eigenvalue weighted by molar-refractivity contribution is 0.457. The topological polar surface area (TPSA) is 0 Å². The normalized spacial score (nSPS) is 27.2. The minimum atomic E-state index is -0.145. The third-order valence-corrected chi connectivity index (χ3v) is 6.33. The highest BCUT2D eigenvalue weighted by molar-refractivity contribution is 7.10. The molecule has 2 heteroatoms. The summed E-state index contributed by atoms with van der Waals surface area (Å²) in [6.45, 7) is 9.00. The maximum Gasteiger partial charge on any atom is 0.0899 e. The maximum absolute atomic E-state index is 6.70. The molecule has 1 saturated carbocycles. The highest BCUT2D eigenvalue weighted by Crippen LogP contribution is 2.80. The summed E-state index contributed by atoms with van der Waals surface area (Å²) in [6.07, 6.45) is 0. The SMILES string of the molecule is CC1(C)C(C)(C)C1(Cl)c1cccs1. The van der Waals surface area contributed by atoms with E-state index in [1.165, 1.54) is 4.88 Å². The predicted octanol–water partition coefficient (Wildman–Crippen LogP) is 4.25. The van der Waals surface area contributed by atoms with E-state index in [0.29, 0.717) is 0 Å². The first kappa shape index (κ1) is 9.54. The van der Waals surface area contributed by atoms with Crippen molar-refractivity contribution in [3.05, 3.63) is 22.4 Å². The lowest BCUT2D eigenvalue weighted by atomic mass is 10.0. The van der Waals surface area contributed by atoms with Crippen molar-refractivity contribution in [3.63, 3.8) is 0 Å². The maximum atomic E-state index is 6.70. The Morgan fingerprint density at radius 3 is 2.00 bits per heavy atom. The van der Waals surface area contributed by atoms with Crippen LogP contribution in [0.3, 0.4) is 0 Å². The second-order valence-corrected chi connectivity index (χ2v) is 6.40. The van der Waals surface area contributed by atoms with Crippen molar-refractivity contribution in [2.45, 2.75) is 32.6 Å². The number of alkyl halides is 1. The Morgan fingerprint density at radius 1 is 1.15 bits per heavy atom. The summed E-state index contributed by atoms with van der Waals surface area (Å²) in [4.78, 5) is 1.16. The number of rotatable bonds is 1. The molecule has 0 saturated heterocycles. The van der Waals surface area contributed by atoms with E-state index in [0.717, 1.165) is 0 Å². The summed E-state index contributed by atoms with van der Waals surface area (Å²) >= 11 is 8.47. The second-order valence-electron chi connectivity index (χ2n) is 4.89. The van der Waals surface area contributed by atoms with Crippen LogP contribution in [0.4, 0.5) is 0 Å². The van der Waals surface area contributed by atoms with E-state index in [9.17, 15) is 0 Å². The molecule has 1 aliphatic rings. The Labute approximate surface area is 88.9 Å². The summed E-state index contributed by atoms with van der Waals surface area (Å²) in [6, 6.07) is 4.22. The zero-order chi connectivity index (χ0) is 9.91. The Hall–Kier alpha value is -0.0100. The summed E-state index contributed by atoms with van der Waals surface area (Å²) in [5.74, 6) is 0. The van der Waals surface area contributed by atoms with E-state index < -0.39 is 0 Å². The third-order valence-electron chi connectivity index (χ3n) is 4.08. The average Bonchev–Trinajstić information content (AvgIpc) is 2.54. The van der Waals surface area contributed by atoms with E-state index >= 15 is 0 Å². The van der Waals surface area contributed by atoms with Gasteiger partial charge in [0.15, 0.2) is 0 Å². The monoisotopic (exact) mass is 214 g/mol. The van der Waals surface area contributed by atoms with Crippen LogP contribution in [0.15, 0.2) is 17.5 Å². The van der Waals surface area contributed by atoms with E-state index in [-0.39, 0.29) is 15.7 Å². The molecule has 2 rings (SSSR count). The number of halogens is 1. The fourth-order valence-corrected chi connectivity index (χ4v) is 4.09. The molecule has 0 aliphatic heterocycles. The van der Waals surface area contributed by atoms with Gasteiger partial charge in [0.1, 0.15) is 0 Å². The Balaban J connectivity index is 2.48. The summed E-state index contributed by atoms with van der Waals surface area (Å²) < 4.78 is 0. The van der Waals surface area contributed by atoms with Crippen molar-refractivity contribution in [3.8, 4) is 0 Å². The van der Waals surface area contributed by atoms with Crippen LogP contribution in [0, 0.1) is 10.8 Å². The van der Waals surface area contributed by atoms with Gasteiger partial charge in [0, 0.05) is 4.88 Å². The molecule has 0 N–H and O–H groups in total. The van der Waals surface area contributed by atoms with Crippen LogP contribution in [0.25, 0.3) is 0 Å². The molecule has 0 spiro atoms. The molecular weight excluding hydrogens is 200 g/mol. The lowest BCUT2D eigenvalue weighted by Gasteiger charge is -2.09.